The fraction of sp³-hybridized carbons (Fsp3) is 0.143. The van der Waals surface area contributed by atoms with Crippen molar-refractivity contribution >= 4 is 12.4 Å². The van der Waals surface area contributed by atoms with E-state index in [-0.39, 0.29) is 19.0 Å². The Morgan fingerprint density at radius 1 is 1.17 bits per heavy atom. The molecule has 68 valence electrons. The van der Waals surface area contributed by atoms with Gasteiger partial charge in [0.25, 0.3) is 0 Å². The Bertz CT molecular complexity index is 237. The number of rotatable bonds is 2. The Kier molecular flexibility index (Phi) is 4.73. The fourth-order valence-electron chi connectivity index (χ4n) is 0.791. The van der Waals surface area contributed by atoms with Crippen molar-refractivity contribution in [1.29, 1.82) is 0 Å². The van der Waals surface area contributed by atoms with E-state index >= 15 is 0 Å². The van der Waals surface area contributed by atoms with E-state index in [1.807, 2.05) is 0 Å². The van der Waals surface area contributed by atoms with E-state index in [2.05, 4.69) is 4.84 Å². The van der Waals surface area contributed by atoms with Gasteiger partial charge < -0.3 is 0 Å². The molecule has 0 fully saturated rings. The highest BCUT2D eigenvalue weighted by atomic mass is 35.5. The molecule has 5 heteroatoms. The molecule has 0 aromatic heterocycles. The first-order chi connectivity index (χ1) is 5.22. The topological polar surface area (TPSA) is 35.2 Å². The smallest absolute Gasteiger partial charge is 0.126 e. The summed E-state index contributed by atoms with van der Waals surface area (Å²) in [6, 6.07) is 3.12. The highest BCUT2D eigenvalue weighted by Crippen LogP contribution is 2.07. The molecule has 0 aliphatic heterocycles. The van der Waals surface area contributed by atoms with Crippen LogP contribution in [-0.4, -0.2) is 0 Å². The first-order valence-corrected chi connectivity index (χ1v) is 2.99. The molecule has 1 aromatic rings. The van der Waals surface area contributed by atoms with Gasteiger partial charge in [-0.3, -0.25) is 4.84 Å². The van der Waals surface area contributed by atoms with Gasteiger partial charge in [-0.2, -0.15) is 0 Å². The second kappa shape index (κ2) is 5.03. The standard InChI is InChI=1S/C7H7F2NO.ClH/c8-6-1-5(4-11-10)2-7(9)3-6;/h1-3H,4,10H2;1H. The van der Waals surface area contributed by atoms with Crippen LogP contribution in [0.15, 0.2) is 18.2 Å². The molecule has 1 aromatic carbocycles. The van der Waals surface area contributed by atoms with Crippen LogP contribution < -0.4 is 5.90 Å². The van der Waals surface area contributed by atoms with Crippen molar-refractivity contribution < 1.29 is 13.6 Å². The molecular weight excluding hydrogens is 188 g/mol. The summed E-state index contributed by atoms with van der Waals surface area (Å²) in [7, 11) is 0. The average molecular weight is 196 g/mol. The van der Waals surface area contributed by atoms with Crippen LogP contribution in [0.25, 0.3) is 0 Å². The van der Waals surface area contributed by atoms with Crippen molar-refractivity contribution in [3.05, 3.63) is 35.4 Å². The predicted octanol–water partition coefficient (Wildman–Crippen LogP) is 1.78. The molecule has 0 bridgehead atoms. The van der Waals surface area contributed by atoms with Crippen molar-refractivity contribution in [2.24, 2.45) is 5.90 Å². The fourth-order valence-corrected chi connectivity index (χ4v) is 0.791. The molecule has 0 aliphatic carbocycles. The Balaban J connectivity index is 0.00000121. The maximum absolute atomic E-state index is 12.4. The predicted molar refractivity (Wildman–Crippen MR) is 42.6 cm³/mol. The lowest BCUT2D eigenvalue weighted by atomic mass is 10.2. The van der Waals surface area contributed by atoms with Gasteiger partial charge in [0, 0.05) is 6.07 Å². The zero-order valence-corrected chi connectivity index (χ0v) is 6.91. The third-order valence-electron chi connectivity index (χ3n) is 1.17. The molecule has 2 N–H and O–H groups in total. The van der Waals surface area contributed by atoms with Crippen molar-refractivity contribution in [2.45, 2.75) is 6.61 Å². The largest absolute Gasteiger partial charge is 0.300 e. The van der Waals surface area contributed by atoms with E-state index in [0.717, 1.165) is 18.2 Å². The van der Waals surface area contributed by atoms with E-state index < -0.39 is 11.6 Å². The molecule has 0 atom stereocenters. The zero-order chi connectivity index (χ0) is 8.27. The minimum Gasteiger partial charge on any atom is -0.300 e. The Morgan fingerprint density at radius 3 is 2.08 bits per heavy atom. The van der Waals surface area contributed by atoms with Crippen LogP contribution in [0.2, 0.25) is 0 Å². The molecule has 0 unspecified atom stereocenters. The molecule has 0 aliphatic rings. The highest BCUT2D eigenvalue weighted by molar-refractivity contribution is 5.85. The van der Waals surface area contributed by atoms with Crippen LogP contribution in [0.4, 0.5) is 8.78 Å². The molecule has 0 saturated carbocycles. The van der Waals surface area contributed by atoms with Crippen LogP contribution in [-0.2, 0) is 11.4 Å². The molecule has 0 radical (unpaired) electrons. The molecule has 0 spiro atoms. The second-order valence-corrected chi connectivity index (χ2v) is 2.09. The summed E-state index contributed by atoms with van der Waals surface area (Å²) >= 11 is 0. The molecule has 1 rings (SSSR count). The third-order valence-corrected chi connectivity index (χ3v) is 1.17. The number of nitrogens with two attached hydrogens (primary N) is 1. The summed E-state index contributed by atoms with van der Waals surface area (Å²) in [5.74, 6) is 3.46. The van der Waals surface area contributed by atoms with E-state index in [1.54, 1.807) is 0 Å². The minimum atomic E-state index is -0.628. The molecule has 0 amide bonds. The van der Waals surface area contributed by atoms with Crippen molar-refractivity contribution in [3.63, 3.8) is 0 Å². The summed E-state index contributed by atoms with van der Waals surface area (Å²) in [4.78, 5) is 4.20. The van der Waals surface area contributed by atoms with E-state index in [1.165, 1.54) is 0 Å². The summed E-state index contributed by atoms with van der Waals surface area (Å²) in [6.45, 7) is 0.00861. The average Bonchev–Trinajstić information content (AvgIpc) is 1.85. The van der Waals surface area contributed by atoms with Gasteiger partial charge in [0.1, 0.15) is 11.6 Å². The Morgan fingerprint density at radius 2 is 1.67 bits per heavy atom. The van der Waals surface area contributed by atoms with Crippen molar-refractivity contribution in [2.75, 3.05) is 0 Å². The minimum absolute atomic E-state index is 0. The highest BCUT2D eigenvalue weighted by Gasteiger charge is 1.99. The number of hydrogen-bond acceptors (Lipinski definition) is 2. The second-order valence-electron chi connectivity index (χ2n) is 2.09. The lowest BCUT2D eigenvalue weighted by Crippen LogP contribution is -1.99. The summed E-state index contributed by atoms with van der Waals surface area (Å²) in [5, 5.41) is 0. The number of hydrogen-bond donors (Lipinski definition) is 1. The van der Waals surface area contributed by atoms with E-state index in [0.29, 0.717) is 5.56 Å². The van der Waals surface area contributed by atoms with Crippen LogP contribution in [0.3, 0.4) is 0 Å². The van der Waals surface area contributed by atoms with Crippen molar-refractivity contribution in [3.8, 4) is 0 Å². The molecule has 12 heavy (non-hydrogen) atoms. The van der Waals surface area contributed by atoms with Crippen LogP contribution in [0, 0.1) is 11.6 Å². The van der Waals surface area contributed by atoms with Gasteiger partial charge in [-0.15, -0.1) is 12.4 Å². The first-order valence-electron chi connectivity index (χ1n) is 2.99. The maximum Gasteiger partial charge on any atom is 0.126 e. The van der Waals surface area contributed by atoms with Crippen LogP contribution >= 0.6 is 12.4 Å². The zero-order valence-electron chi connectivity index (χ0n) is 6.09. The van der Waals surface area contributed by atoms with Crippen LogP contribution in [0.1, 0.15) is 5.56 Å². The van der Waals surface area contributed by atoms with E-state index in [4.69, 9.17) is 5.90 Å². The maximum atomic E-state index is 12.4. The monoisotopic (exact) mass is 195 g/mol. The van der Waals surface area contributed by atoms with Crippen LogP contribution in [0.5, 0.6) is 0 Å². The van der Waals surface area contributed by atoms with Gasteiger partial charge in [0.05, 0.1) is 6.61 Å². The SMILES string of the molecule is Cl.NOCc1cc(F)cc(F)c1. The lowest BCUT2D eigenvalue weighted by Gasteiger charge is -1.98. The van der Waals surface area contributed by atoms with Gasteiger partial charge >= 0.3 is 0 Å². The Hall–Kier alpha value is -0.710. The van der Waals surface area contributed by atoms with Gasteiger partial charge in [0.2, 0.25) is 0 Å². The van der Waals surface area contributed by atoms with Gasteiger partial charge in [-0.1, -0.05) is 0 Å². The normalized spacial score (nSPS) is 9.25. The molecule has 0 heterocycles. The summed E-state index contributed by atoms with van der Waals surface area (Å²) in [5.41, 5.74) is 0.380. The quantitative estimate of drug-likeness (QED) is 0.731. The number of benzene rings is 1. The molecule has 2 nitrogen and oxygen atoms in total. The van der Waals surface area contributed by atoms with Gasteiger partial charge in [0.15, 0.2) is 0 Å². The van der Waals surface area contributed by atoms with Crippen molar-refractivity contribution in [1.82, 2.24) is 0 Å². The summed E-state index contributed by atoms with van der Waals surface area (Å²) in [6.07, 6.45) is 0. The molecule has 0 saturated heterocycles. The number of halogens is 3. The third kappa shape index (κ3) is 3.13. The first kappa shape index (κ1) is 11.3. The van der Waals surface area contributed by atoms with Gasteiger partial charge in [-0.05, 0) is 17.7 Å². The van der Waals surface area contributed by atoms with E-state index in [9.17, 15) is 8.78 Å². The Labute approximate surface area is 74.7 Å². The lowest BCUT2D eigenvalue weighted by molar-refractivity contribution is 0.123. The summed E-state index contributed by atoms with van der Waals surface area (Å²) < 4.78 is 24.8. The van der Waals surface area contributed by atoms with Gasteiger partial charge in [-0.25, -0.2) is 14.7 Å². The molecular formula is C7H8ClF2NO.